The minimum atomic E-state index is -0.639. The predicted molar refractivity (Wildman–Crippen MR) is 136 cm³/mol. The van der Waals surface area contributed by atoms with Gasteiger partial charge < -0.3 is 9.15 Å². The van der Waals surface area contributed by atoms with Crippen LogP contribution in [0.4, 0.5) is 0 Å². The fraction of sp³-hybridized carbons (Fsp3) is 0.107. The van der Waals surface area contributed by atoms with Crippen LogP contribution in [0.25, 0.3) is 34.1 Å². The van der Waals surface area contributed by atoms with Crippen molar-refractivity contribution in [3.8, 4) is 23.2 Å². The van der Waals surface area contributed by atoms with E-state index in [1.165, 1.54) is 10.6 Å². The van der Waals surface area contributed by atoms with Crippen LogP contribution in [0.3, 0.4) is 0 Å². The van der Waals surface area contributed by atoms with Crippen molar-refractivity contribution < 1.29 is 13.9 Å². The second kappa shape index (κ2) is 10.2. The maximum absolute atomic E-state index is 12.8. The van der Waals surface area contributed by atoms with E-state index in [4.69, 9.17) is 14.4 Å². The third kappa shape index (κ3) is 4.94. The monoisotopic (exact) mass is 491 g/mol. The summed E-state index contributed by atoms with van der Waals surface area (Å²) in [6.45, 7) is 1.37. The highest BCUT2D eigenvalue weighted by molar-refractivity contribution is 5.88. The number of carbonyl (C=O) groups is 1. The van der Waals surface area contributed by atoms with E-state index in [1.807, 2.05) is 55.5 Å². The summed E-state index contributed by atoms with van der Waals surface area (Å²) in [6.07, 6.45) is 4.67. The largest absolute Gasteiger partial charge is 0.460 e. The number of hydrogen-bond acceptors (Lipinski definition) is 7. The first-order chi connectivity index (χ1) is 18.0. The van der Waals surface area contributed by atoms with E-state index in [0.717, 1.165) is 11.4 Å². The number of carbonyl (C=O) groups excluding carboxylic acids is 1. The molecule has 0 aliphatic heterocycles. The number of furan rings is 1. The quantitative estimate of drug-likeness (QED) is 0.244. The summed E-state index contributed by atoms with van der Waals surface area (Å²) >= 11 is 0. The molecule has 0 amide bonds. The number of rotatable bonds is 7. The fourth-order valence-corrected chi connectivity index (χ4v) is 3.88. The lowest BCUT2D eigenvalue weighted by Gasteiger charge is -2.10. The van der Waals surface area contributed by atoms with Crippen LogP contribution in [0.1, 0.15) is 17.1 Å². The number of para-hydroxylation sites is 2. The molecule has 182 valence electrons. The predicted octanol–water partition coefficient (Wildman–Crippen LogP) is 4.43. The van der Waals surface area contributed by atoms with Crippen molar-refractivity contribution in [1.29, 1.82) is 5.26 Å². The van der Waals surface area contributed by atoms with Gasteiger partial charge in [-0.05, 0) is 49.4 Å². The Balaban J connectivity index is 1.40. The molecule has 5 aromatic rings. The maximum Gasteiger partial charge on any atom is 0.331 e. The van der Waals surface area contributed by atoms with E-state index in [0.29, 0.717) is 27.9 Å². The number of ether oxygens (including phenoxy) is 1. The first-order valence-electron chi connectivity index (χ1n) is 11.5. The maximum atomic E-state index is 12.8. The Hall–Kier alpha value is -5.23. The highest BCUT2D eigenvalue weighted by atomic mass is 16.5. The van der Waals surface area contributed by atoms with Crippen LogP contribution in [-0.2, 0) is 22.7 Å². The highest BCUT2D eigenvalue weighted by Gasteiger charge is 2.15. The topological polar surface area (TPSA) is 116 Å². The van der Waals surface area contributed by atoms with Crippen molar-refractivity contribution in [2.45, 2.75) is 20.1 Å². The molecule has 0 aliphatic rings. The van der Waals surface area contributed by atoms with Gasteiger partial charge in [0.1, 0.15) is 24.6 Å². The molecule has 0 fully saturated rings. The van der Waals surface area contributed by atoms with Crippen LogP contribution in [-0.4, -0.2) is 25.3 Å². The van der Waals surface area contributed by atoms with E-state index in [9.17, 15) is 9.59 Å². The number of esters is 1. The Bertz CT molecular complexity index is 1720. The lowest BCUT2D eigenvalue weighted by Crippen LogP contribution is -2.26. The van der Waals surface area contributed by atoms with Crippen molar-refractivity contribution in [3.05, 3.63) is 107 Å². The van der Waals surface area contributed by atoms with Gasteiger partial charge >= 0.3 is 5.97 Å². The van der Waals surface area contributed by atoms with E-state index >= 15 is 0 Å². The van der Waals surface area contributed by atoms with Crippen LogP contribution in [0, 0.1) is 18.3 Å². The summed E-state index contributed by atoms with van der Waals surface area (Å²) in [4.78, 5) is 29.8. The van der Waals surface area contributed by atoms with Crippen LogP contribution < -0.4 is 5.56 Å². The van der Waals surface area contributed by atoms with Gasteiger partial charge in [-0.1, -0.05) is 30.3 Å². The van der Waals surface area contributed by atoms with Gasteiger partial charge in [-0.3, -0.25) is 9.36 Å². The molecule has 0 atom stereocenters. The van der Waals surface area contributed by atoms with Gasteiger partial charge in [0.05, 0.1) is 22.7 Å². The molecule has 3 aromatic heterocycles. The molecular weight excluding hydrogens is 470 g/mol. The molecule has 0 saturated heterocycles. The summed E-state index contributed by atoms with van der Waals surface area (Å²) in [5.74, 6) is 0.863. The van der Waals surface area contributed by atoms with Gasteiger partial charge in [0.25, 0.3) is 5.56 Å². The van der Waals surface area contributed by atoms with Gasteiger partial charge in [0, 0.05) is 17.8 Å². The molecule has 0 radical (unpaired) electrons. The molecular formula is C28H21N5O4. The first-order valence-corrected chi connectivity index (χ1v) is 11.5. The SMILES string of the molecule is Cc1ccc(-c2nn(-c3ccccc3)cc2/C=C/C(=O)OCc2nc3ccccc3c(=O)n2CC#N)o1. The van der Waals surface area contributed by atoms with E-state index in [1.54, 1.807) is 41.2 Å². The van der Waals surface area contributed by atoms with Gasteiger partial charge in [-0.2, -0.15) is 10.4 Å². The van der Waals surface area contributed by atoms with E-state index < -0.39 is 5.97 Å². The number of nitrogens with zero attached hydrogens (tertiary/aromatic N) is 5. The average molecular weight is 492 g/mol. The number of hydrogen-bond donors (Lipinski definition) is 0. The summed E-state index contributed by atoms with van der Waals surface area (Å²) in [7, 11) is 0. The number of nitriles is 1. The Morgan fingerprint density at radius 3 is 2.65 bits per heavy atom. The molecule has 2 aromatic carbocycles. The second-order valence-corrected chi connectivity index (χ2v) is 8.16. The molecule has 0 aliphatic carbocycles. The van der Waals surface area contributed by atoms with Crippen molar-refractivity contribution in [2.24, 2.45) is 0 Å². The standard InChI is InChI=1S/C28H21N5O4/c1-19-11-13-24(37-19)27-20(17-33(31-27)21-7-3-2-4-8-21)12-14-26(34)36-18-25-30-23-10-6-5-9-22(23)28(35)32(25)16-15-29/h2-14,17H,16,18H2,1H3/b14-12+. The first kappa shape index (κ1) is 23.5. The Kier molecular flexibility index (Phi) is 6.46. The van der Waals surface area contributed by atoms with Gasteiger partial charge in [-0.15, -0.1) is 0 Å². The fourth-order valence-electron chi connectivity index (χ4n) is 3.88. The van der Waals surface area contributed by atoms with Crippen LogP contribution in [0.5, 0.6) is 0 Å². The normalized spacial score (nSPS) is 11.1. The zero-order valence-electron chi connectivity index (χ0n) is 19.9. The lowest BCUT2D eigenvalue weighted by atomic mass is 10.2. The summed E-state index contributed by atoms with van der Waals surface area (Å²) < 4.78 is 14.1. The number of aryl methyl sites for hydroxylation is 1. The molecule has 0 spiro atoms. The van der Waals surface area contributed by atoms with E-state index in [-0.39, 0.29) is 24.5 Å². The van der Waals surface area contributed by atoms with Crippen LogP contribution >= 0.6 is 0 Å². The van der Waals surface area contributed by atoms with Crippen molar-refractivity contribution in [1.82, 2.24) is 19.3 Å². The molecule has 9 nitrogen and oxygen atoms in total. The third-order valence-corrected chi connectivity index (χ3v) is 5.65. The van der Waals surface area contributed by atoms with E-state index in [2.05, 4.69) is 10.1 Å². The van der Waals surface area contributed by atoms with Gasteiger partial charge in [0.15, 0.2) is 11.6 Å². The average Bonchev–Trinajstić information content (AvgIpc) is 3.55. The number of benzene rings is 2. The minimum absolute atomic E-state index is 0.190. The molecule has 9 heteroatoms. The Morgan fingerprint density at radius 2 is 1.89 bits per heavy atom. The Morgan fingerprint density at radius 1 is 1.11 bits per heavy atom. The molecule has 37 heavy (non-hydrogen) atoms. The molecule has 0 bridgehead atoms. The van der Waals surface area contributed by atoms with Crippen molar-refractivity contribution >= 4 is 22.9 Å². The van der Waals surface area contributed by atoms with Crippen LogP contribution in [0.2, 0.25) is 0 Å². The molecule has 0 unspecified atom stereocenters. The summed E-state index contributed by atoms with van der Waals surface area (Å²) in [5, 5.41) is 14.2. The number of aromatic nitrogens is 4. The molecule has 0 N–H and O–H groups in total. The van der Waals surface area contributed by atoms with Crippen LogP contribution in [0.15, 0.2) is 88.2 Å². The smallest absolute Gasteiger partial charge is 0.331 e. The Labute approximate surface area is 211 Å². The van der Waals surface area contributed by atoms with Gasteiger partial charge in [0.2, 0.25) is 0 Å². The third-order valence-electron chi connectivity index (χ3n) is 5.65. The lowest BCUT2D eigenvalue weighted by molar-refractivity contribution is -0.139. The molecule has 5 rings (SSSR count). The van der Waals surface area contributed by atoms with Crippen molar-refractivity contribution in [2.75, 3.05) is 0 Å². The number of fused-ring (bicyclic) bond motifs is 1. The minimum Gasteiger partial charge on any atom is -0.460 e. The zero-order chi connectivity index (χ0) is 25.8. The summed E-state index contributed by atoms with van der Waals surface area (Å²) in [6, 6.07) is 22.0. The molecule has 3 heterocycles. The van der Waals surface area contributed by atoms with Crippen molar-refractivity contribution in [3.63, 3.8) is 0 Å². The molecule has 0 saturated carbocycles. The van der Waals surface area contributed by atoms with Gasteiger partial charge in [-0.25, -0.2) is 14.5 Å². The summed E-state index contributed by atoms with van der Waals surface area (Å²) in [5.41, 5.74) is 2.18. The zero-order valence-corrected chi connectivity index (χ0v) is 19.9. The highest BCUT2D eigenvalue weighted by Crippen LogP contribution is 2.26. The second-order valence-electron chi connectivity index (χ2n) is 8.16.